The van der Waals surface area contributed by atoms with Crippen molar-refractivity contribution in [1.82, 2.24) is 4.90 Å². The van der Waals surface area contributed by atoms with Crippen molar-refractivity contribution in [3.05, 3.63) is 0 Å². The Morgan fingerprint density at radius 2 is 2.15 bits per heavy atom. The van der Waals surface area contributed by atoms with Crippen molar-refractivity contribution >= 4 is 0 Å². The molecule has 2 heterocycles. The minimum atomic E-state index is 0.568. The average Bonchev–Trinajstić information content (AvgIpc) is 2.93. The highest BCUT2D eigenvalue weighted by Gasteiger charge is 2.31. The van der Waals surface area contributed by atoms with Gasteiger partial charge in [0.15, 0.2) is 0 Å². The van der Waals surface area contributed by atoms with E-state index in [2.05, 4.69) is 18.7 Å². The molecule has 76 valence electrons. The zero-order chi connectivity index (χ0) is 9.26. The number of nitrogens with zero attached hydrogens (tertiary/aromatic N) is 1. The van der Waals surface area contributed by atoms with Crippen LogP contribution in [0.15, 0.2) is 0 Å². The van der Waals surface area contributed by atoms with E-state index in [1.807, 2.05) is 0 Å². The molecule has 2 heteroatoms. The van der Waals surface area contributed by atoms with Crippen molar-refractivity contribution in [2.75, 3.05) is 19.7 Å². The van der Waals surface area contributed by atoms with E-state index in [1.165, 1.54) is 32.4 Å². The van der Waals surface area contributed by atoms with Gasteiger partial charge in [-0.05, 0) is 25.7 Å². The van der Waals surface area contributed by atoms with Gasteiger partial charge in [0.1, 0.15) is 0 Å². The van der Waals surface area contributed by atoms with E-state index in [0.29, 0.717) is 6.10 Å². The van der Waals surface area contributed by atoms with E-state index in [9.17, 15) is 0 Å². The molecule has 0 amide bonds. The van der Waals surface area contributed by atoms with Crippen molar-refractivity contribution in [1.29, 1.82) is 0 Å². The molecule has 3 atom stereocenters. The highest BCUT2D eigenvalue weighted by atomic mass is 16.6. The molecule has 2 nitrogen and oxygen atoms in total. The summed E-state index contributed by atoms with van der Waals surface area (Å²) in [4.78, 5) is 2.62. The number of ether oxygens (including phenoxy) is 1. The molecule has 2 saturated heterocycles. The molecule has 0 saturated carbocycles. The van der Waals surface area contributed by atoms with Crippen molar-refractivity contribution in [2.24, 2.45) is 5.92 Å². The largest absolute Gasteiger partial charge is 0.372 e. The maximum Gasteiger partial charge on any atom is 0.0936 e. The third-order valence-corrected chi connectivity index (χ3v) is 3.53. The summed E-state index contributed by atoms with van der Waals surface area (Å²) in [5.74, 6) is 0.940. The molecule has 0 N–H and O–H groups in total. The Balaban J connectivity index is 1.82. The van der Waals surface area contributed by atoms with Crippen LogP contribution in [0.4, 0.5) is 0 Å². The van der Waals surface area contributed by atoms with E-state index >= 15 is 0 Å². The number of hydrogen-bond acceptors (Lipinski definition) is 2. The third-order valence-electron chi connectivity index (χ3n) is 3.53. The highest BCUT2D eigenvalue weighted by molar-refractivity contribution is 4.83. The molecule has 2 fully saturated rings. The van der Waals surface area contributed by atoms with Gasteiger partial charge in [-0.3, -0.25) is 4.90 Å². The Hall–Kier alpha value is -0.0800. The second-order valence-corrected chi connectivity index (χ2v) is 4.61. The van der Waals surface area contributed by atoms with Gasteiger partial charge < -0.3 is 4.74 Å². The summed E-state index contributed by atoms with van der Waals surface area (Å²) < 4.78 is 5.29. The zero-order valence-corrected chi connectivity index (χ0v) is 8.83. The van der Waals surface area contributed by atoms with Gasteiger partial charge in [0.2, 0.25) is 0 Å². The second-order valence-electron chi connectivity index (χ2n) is 4.61. The lowest BCUT2D eigenvalue weighted by atomic mass is 9.91. The smallest absolute Gasteiger partial charge is 0.0936 e. The third kappa shape index (κ3) is 2.44. The van der Waals surface area contributed by atoms with Crippen LogP contribution >= 0.6 is 0 Å². The molecule has 0 spiro atoms. The molecule has 2 rings (SSSR count). The summed E-state index contributed by atoms with van der Waals surface area (Å²) in [7, 11) is 0. The van der Waals surface area contributed by atoms with Crippen LogP contribution in [-0.4, -0.2) is 36.7 Å². The SMILES string of the molecule is CC[C@@H]1CC[C@@H](C)N(C[C@@H]2CO2)C1. The van der Waals surface area contributed by atoms with Gasteiger partial charge in [0.25, 0.3) is 0 Å². The first kappa shape index (κ1) is 9.47. The van der Waals surface area contributed by atoms with Gasteiger partial charge in [-0.1, -0.05) is 13.3 Å². The number of hydrogen-bond donors (Lipinski definition) is 0. The van der Waals surface area contributed by atoms with E-state index in [1.54, 1.807) is 0 Å². The summed E-state index contributed by atoms with van der Waals surface area (Å²) >= 11 is 0. The van der Waals surface area contributed by atoms with Crippen LogP contribution in [0.3, 0.4) is 0 Å². The molecule has 0 radical (unpaired) electrons. The highest BCUT2D eigenvalue weighted by Crippen LogP contribution is 2.25. The molecular weight excluding hydrogens is 162 g/mol. The van der Waals surface area contributed by atoms with Gasteiger partial charge in [-0.25, -0.2) is 0 Å². The van der Waals surface area contributed by atoms with Crippen LogP contribution in [0.2, 0.25) is 0 Å². The normalized spacial score (nSPS) is 40.6. The van der Waals surface area contributed by atoms with Crippen LogP contribution in [-0.2, 0) is 4.74 Å². The molecule has 0 aromatic rings. The summed E-state index contributed by atoms with van der Waals surface area (Å²) in [5.41, 5.74) is 0. The van der Waals surface area contributed by atoms with Crippen LogP contribution < -0.4 is 0 Å². The fraction of sp³-hybridized carbons (Fsp3) is 1.00. The van der Waals surface area contributed by atoms with Gasteiger partial charge in [0, 0.05) is 19.1 Å². The summed E-state index contributed by atoms with van der Waals surface area (Å²) in [6, 6.07) is 0.784. The number of likely N-dealkylation sites (tertiary alicyclic amines) is 1. The Bertz CT molecular complexity index is 167. The van der Waals surface area contributed by atoms with Gasteiger partial charge >= 0.3 is 0 Å². The fourth-order valence-corrected chi connectivity index (χ4v) is 2.29. The van der Waals surface area contributed by atoms with Crippen LogP contribution in [0.25, 0.3) is 0 Å². The number of epoxide rings is 1. The van der Waals surface area contributed by atoms with E-state index in [4.69, 9.17) is 4.74 Å². The predicted octanol–water partition coefficient (Wildman–Crippen LogP) is 1.90. The summed E-state index contributed by atoms with van der Waals surface area (Å²) in [6.45, 7) is 8.15. The van der Waals surface area contributed by atoms with E-state index < -0.39 is 0 Å². The first-order chi connectivity index (χ1) is 6.29. The summed E-state index contributed by atoms with van der Waals surface area (Å²) in [6.07, 6.45) is 4.72. The fourth-order valence-electron chi connectivity index (χ4n) is 2.29. The van der Waals surface area contributed by atoms with Gasteiger partial charge in [0.05, 0.1) is 12.7 Å². The molecule has 13 heavy (non-hydrogen) atoms. The van der Waals surface area contributed by atoms with Crippen molar-refractivity contribution in [3.63, 3.8) is 0 Å². The monoisotopic (exact) mass is 183 g/mol. The van der Waals surface area contributed by atoms with Crippen LogP contribution in [0, 0.1) is 5.92 Å². The molecule has 2 aliphatic rings. The van der Waals surface area contributed by atoms with Crippen LogP contribution in [0.1, 0.15) is 33.1 Å². The van der Waals surface area contributed by atoms with Crippen LogP contribution in [0.5, 0.6) is 0 Å². The Labute approximate surface area is 81.3 Å². The topological polar surface area (TPSA) is 15.8 Å². The Kier molecular flexibility index (Phi) is 2.89. The minimum absolute atomic E-state index is 0.568. The minimum Gasteiger partial charge on any atom is -0.372 e. The molecule has 0 bridgehead atoms. The summed E-state index contributed by atoms with van der Waals surface area (Å²) in [5, 5.41) is 0. The van der Waals surface area contributed by atoms with E-state index in [0.717, 1.165) is 18.6 Å². The lowest BCUT2D eigenvalue weighted by Crippen LogP contribution is -2.43. The predicted molar refractivity (Wildman–Crippen MR) is 53.8 cm³/mol. The first-order valence-corrected chi connectivity index (χ1v) is 5.65. The van der Waals surface area contributed by atoms with Gasteiger partial charge in [-0.15, -0.1) is 0 Å². The quantitative estimate of drug-likeness (QED) is 0.621. The van der Waals surface area contributed by atoms with E-state index in [-0.39, 0.29) is 0 Å². The number of piperidine rings is 1. The average molecular weight is 183 g/mol. The lowest BCUT2D eigenvalue weighted by molar-refractivity contribution is 0.107. The Morgan fingerprint density at radius 1 is 1.38 bits per heavy atom. The van der Waals surface area contributed by atoms with Crippen molar-refractivity contribution < 1.29 is 4.74 Å². The zero-order valence-electron chi connectivity index (χ0n) is 8.83. The van der Waals surface area contributed by atoms with Crippen molar-refractivity contribution in [2.45, 2.75) is 45.3 Å². The first-order valence-electron chi connectivity index (χ1n) is 5.65. The standard InChI is InChI=1S/C11H21NO/c1-3-10-5-4-9(2)12(6-10)7-11-8-13-11/h9-11H,3-8H2,1-2H3/t9-,10-,11-/m1/s1. The lowest BCUT2D eigenvalue weighted by Gasteiger charge is -2.37. The maximum absolute atomic E-state index is 5.29. The molecule has 0 aromatic heterocycles. The van der Waals surface area contributed by atoms with Gasteiger partial charge in [-0.2, -0.15) is 0 Å². The maximum atomic E-state index is 5.29. The Morgan fingerprint density at radius 3 is 2.77 bits per heavy atom. The number of rotatable bonds is 3. The molecule has 0 aliphatic carbocycles. The molecule has 0 unspecified atom stereocenters. The second kappa shape index (κ2) is 3.97. The molecular formula is C11H21NO. The molecule has 0 aromatic carbocycles. The molecule has 2 aliphatic heterocycles. The van der Waals surface area contributed by atoms with Crippen molar-refractivity contribution in [3.8, 4) is 0 Å².